The van der Waals surface area contributed by atoms with Crippen LogP contribution in [-0.4, -0.2) is 35.8 Å². The molecule has 2 N–H and O–H groups in total. The van der Waals surface area contributed by atoms with Crippen molar-refractivity contribution >= 4 is 17.4 Å². The Bertz CT molecular complexity index is 806. The highest BCUT2D eigenvalue weighted by Crippen LogP contribution is 2.36. The number of benzene rings is 1. The largest absolute Gasteiger partial charge is 0.497 e. The van der Waals surface area contributed by atoms with Crippen molar-refractivity contribution in [2.24, 2.45) is 5.92 Å². The summed E-state index contributed by atoms with van der Waals surface area (Å²) in [5, 5.41) is 13.4. The molecule has 0 aromatic heterocycles. The molecule has 138 valence electrons. The van der Waals surface area contributed by atoms with Gasteiger partial charge in [-0.2, -0.15) is 0 Å². The number of aliphatic hydroxyl groups excluding tert-OH is 1. The van der Waals surface area contributed by atoms with E-state index >= 15 is 0 Å². The summed E-state index contributed by atoms with van der Waals surface area (Å²) in [7, 11) is 1.58. The fraction of sp³-hybridized carbons (Fsp3) is 0.368. The number of ether oxygens (including phenoxy) is 3. The molecule has 0 saturated heterocycles. The van der Waals surface area contributed by atoms with Crippen LogP contribution in [-0.2, 0) is 19.1 Å². The number of rotatable bonds is 4. The van der Waals surface area contributed by atoms with E-state index in [9.17, 15) is 14.7 Å². The molecule has 0 radical (unpaired) electrons. The van der Waals surface area contributed by atoms with Crippen LogP contribution in [0.5, 0.6) is 5.75 Å². The quantitative estimate of drug-likeness (QED) is 0.798. The van der Waals surface area contributed by atoms with Crippen LogP contribution in [0, 0.1) is 5.92 Å². The van der Waals surface area contributed by atoms with Crippen molar-refractivity contribution in [3.05, 3.63) is 47.4 Å². The van der Waals surface area contributed by atoms with Crippen molar-refractivity contribution in [1.29, 1.82) is 0 Å². The molecule has 7 heteroatoms. The predicted octanol–water partition coefficient (Wildman–Crippen LogP) is 2.70. The molecule has 1 heterocycles. The summed E-state index contributed by atoms with van der Waals surface area (Å²) in [5.41, 5.74) is 1.07. The first kappa shape index (κ1) is 17.8. The van der Waals surface area contributed by atoms with Crippen LogP contribution >= 0.6 is 0 Å². The zero-order valence-corrected chi connectivity index (χ0v) is 15.0. The third-order valence-electron chi connectivity index (χ3n) is 4.33. The van der Waals surface area contributed by atoms with Crippen molar-refractivity contribution in [2.45, 2.75) is 32.6 Å². The van der Waals surface area contributed by atoms with Gasteiger partial charge in [-0.15, -0.1) is 0 Å². The predicted molar refractivity (Wildman–Crippen MR) is 93.6 cm³/mol. The second kappa shape index (κ2) is 6.40. The number of allylic oxidation sites excluding steroid dienone is 1. The molecule has 1 aliphatic heterocycles. The number of methoxy groups -OCH3 is 1. The molecule has 1 aromatic rings. The van der Waals surface area contributed by atoms with Crippen LogP contribution in [0.4, 0.5) is 5.69 Å². The van der Waals surface area contributed by atoms with E-state index in [0.29, 0.717) is 11.3 Å². The van der Waals surface area contributed by atoms with Gasteiger partial charge in [0.25, 0.3) is 11.7 Å². The number of aliphatic hydroxyl groups is 1. The summed E-state index contributed by atoms with van der Waals surface area (Å²) in [6, 6.07) is 6.64. The minimum atomic E-state index is -1.28. The number of ketones is 1. The van der Waals surface area contributed by atoms with Crippen LogP contribution in [0.2, 0.25) is 0 Å². The molecule has 0 unspecified atom stereocenters. The van der Waals surface area contributed by atoms with Crippen LogP contribution in [0.1, 0.15) is 20.8 Å². The lowest BCUT2D eigenvalue weighted by Gasteiger charge is -2.33. The van der Waals surface area contributed by atoms with Crippen LogP contribution in [0.25, 0.3) is 0 Å². The number of hydrogen-bond acceptors (Lipinski definition) is 7. The first-order chi connectivity index (χ1) is 12.2. The molecule has 1 aromatic carbocycles. The van der Waals surface area contributed by atoms with E-state index in [4.69, 9.17) is 14.2 Å². The molecule has 26 heavy (non-hydrogen) atoms. The number of anilines is 1. The first-order valence-electron chi connectivity index (χ1n) is 8.20. The maximum atomic E-state index is 12.6. The number of hydrogen-bond donors (Lipinski definition) is 2. The number of cyclic esters (lactones) is 1. The normalized spacial score (nSPS) is 24.7. The maximum Gasteiger partial charge on any atom is 0.345 e. The monoisotopic (exact) mass is 359 g/mol. The van der Waals surface area contributed by atoms with Crippen LogP contribution in [0.15, 0.2) is 47.4 Å². The van der Waals surface area contributed by atoms with Gasteiger partial charge in [0.1, 0.15) is 11.3 Å². The molecule has 0 spiro atoms. The van der Waals surface area contributed by atoms with Gasteiger partial charge >= 0.3 is 5.97 Å². The van der Waals surface area contributed by atoms with E-state index in [1.807, 2.05) is 0 Å². The van der Waals surface area contributed by atoms with Gasteiger partial charge in [0.2, 0.25) is 0 Å². The Balaban J connectivity index is 1.91. The summed E-state index contributed by atoms with van der Waals surface area (Å²) < 4.78 is 15.6. The van der Waals surface area contributed by atoms with Gasteiger partial charge < -0.3 is 24.6 Å². The standard InChI is InChI=1S/C19H21NO6/c1-10-9-13(20-11-5-7-12(24-4)8-6-11)14(16(10)21)15-17(22)25-19(2,3)26-18(15)23/h5-9,13-14,20,22H,1-4H3/t13-,14+/m1/s1. The van der Waals surface area contributed by atoms with Gasteiger partial charge in [-0.05, 0) is 36.8 Å². The lowest BCUT2D eigenvalue weighted by molar-refractivity contribution is -0.223. The van der Waals surface area contributed by atoms with Crippen molar-refractivity contribution in [3.63, 3.8) is 0 Å². The Kier molecular flexibility index (Phi) is 4.39. The molecule has 0 amide bonds. The van der Waals surface area contributed by atoms with E-state index in [2.05, 4.69) is 5.32 Å². The van der Waals surface area contributed by atoms with E-state index in [1.54, 1.807) is 44.4 Å². The van der Waals surface area contributed by atoms with Crippen LogP contribution in [0.3, 0.4) is 0 Å². The van der Waals surface area contributed by atoms with Gasteiger partial charge in [0, 0.05) is 19.5 Å². The Labute approximate surface area is 151 Å². The Morgan fingerprint density at radius 2 is 1.81 bits per heavy atom. The molecule has 3 rings (SSSR count). The van der Waals surface area contributed by atoms with Gasteiger partial charge in [0.05, 0.1) is 19.1 Å². The molecular formula is C19H21NO6. The van der Waals surface area contributed by atoms with Crippen molar-refractivity contribution < 1.29 is 28.9 Å². The second-order valence-electron chi connectivity index (χ2n) is 6.70. The zero-order valence-electron chi connectivity index (χ0n) is 15.0. The summed E-state index contributed by atoms with van der Waals surface area (Å²) in [5.74, 6) is -3.11. The van der Waals surface area contributed by atoms with Crippen molar-refractivity contribution in [1.82, 2.24) is 0 Å². The molecule has 0 saturated carbocycles. The SMILES string of the molecule is COc1ccc(N[C@@H]2C=C(C)C(=O)[C@@H]2C2=C(O)OC(C)(C)OC2=O)cc1. The number of esters is 1. The van der Waals surface area contributed by atoms with E-state index in [0.717, 1.165) is 5.69 Å². The topological polar surface area (TPSA) is 94.1 Å². The third-order valence-corrected chi connectivity index (χ3v) is 4.33. The second-order valence-corrected chi connectivity index (χ2v) is 6.70. The summed E-state index contributed by atoms with van der Waals surface area (Å²) in [4.78, 5) is 25.0. The summed E-state index contributed by atoms with van der Waals surface area (Å²) in [6.45, 7) is 4.68. The average Bonchev–Trinajstić information content (AvgIpc) is 2.82. The lowest BCUT2D eigenvalue weighted by atomic mass is 9.90. The number of carbonyl (C=O) groups is 2. The molecular weight excluding hydrogens is 338 g/mol. The maximum absolute atomic E-state index is 12.6. The molecule has 2 atom stereocenters. The van der Waals surface area contributed by atoms with Gasteiger partial charge in [-0.1, -0.05) is 6.08 Å². The summed E-state index contributed by atoms with van der Waals surface area (Å²) >= 11 is 0. The molecule has 0 fully saturated rings. The number of Topliss-reactive ketones (excluding diaryl/α,β-unsaturated/α-hetero) is 1. The molecule has 1 aliphatic carbocycles. The fourth-order valence-corrected chi connectivity index (χ4v) is 3.11. The smallest absolute Gasteiger partial charge is 0.345 e. The average molecular weight is 359 g/mol. The van der Waals surface area contributed by atoms with Gasteiger partial charge in [-0.25, -0.2) is 4.79 Å². The van der Waals surface area contributed by atoms with Gasteiger partial charge in [0.15, 0.2) is 5.78 Å². The summed E-state index contributed by atoms with van der Waals surface area (Å²) in [6.07, 6.45) is 1.73. The van der Waals surface area contributed by atoms with E-state index in [-0.39, 0.29) is 11.4 Å². The molecule has 0 bridgehead atoms. The molecule has 7 nitrogen and oxygen atoms in total. The lowest BCUT2D eigenvalue weighted by Crippen LogP contribution is -2.42. The minimum Gasteiger partial charge on any atom is -0.497 e. The minimum absolute atomic E-state index is 0.173. The number of carbonyl (C=O) groups excluding carboxylic acids is 2. The van der Waals surface area contributed by atoms with E-state index < -0.39 is 29.7 Å². The zero-order chi connectivity index (χ0) is 19.1. The van der Waals surface area contributed by atoms with Crippen molar-refractivity contribution in [3.8, 4) is 5.75 Å². The highest BCUT2D eigenvalue weighted by molar-refractivity contribution is 6.08. The highest BCUT2D eigenvalue weighted by atomic mass is 16.8. The Hall–Kier alpha value is -2.96. The fourth-order valence-electron chi connectivity index (χ4n) is 3.11. The Morgan fingerprint density at radius 3 is 2.38 bits per heavy atom. The number of nitrogens with one attached hydrogen (secondary N) is 1. The Morgan fingerprint density at radius 1 is 1.15 bits per heavy atom. The van der Waals surface area contributed by atoms with Crippen molar-refractivity contribution in [2.75, 3.05) is 12.4 Å². The van der Waals surface area contributed by atoms with Gasteiger partial charge in [-0.3, -0.25) is 4.79 Å². The first-order valence-corrected chi connectivity index (χ1v) is 8.20. The third kappa shape index (κ3) is 3.24. The van der Waals surface area contributed by atoms with Crippen LogP contribution < -0.4 is 10.1 Å². The molecule has 2 aliphatic rings. The highest BCUT2D eigenvalue weighted by Gasteiger charge is 2.47. The van der Waals surface area contributed by atoms with E-state index in [1.165, 1.54) is 13.8 Å².